The Hall–Kier alpha value is -1.53. The van der Waals surface area contributed by atoms with Gasteiger partial charge in [-0.25, -0.2) is 0 Å². The minimum absolute atomic E-state index is 0.0197. The largest absolute Gasteiger partial charge is 0.569 e. The Kier molecular flexibility index (Phi) is 5.19. The van der Waals surface area contributed by atoms with E-state index in [1.807, 2.05) is 34.6 Å². The first kappa shape index (κ1) is 16.5. The fourth-order valence-corrected chi connectivity index (χ4v) is 1.80. The Balaban J connectivity index is 2.50. The first-order valence-electron chi connectivity index (χ1n) is 6.99. The van der Waals surface area contributed by atoms with E-state index < -0.39 is 0 Å². The summed E-state index contributed by atoms with van der Waals surface area (Å²) in [5.74, 6) is 0.0932. The maximum absolute atomic E-state index is 11.8. The molecule has 1 heterocycles. The lowest BCUT2D eigenvalue weighted by Gasteiger charge is -2.26. The second-order valence-electron chi connectivity index (χ2n) is 6.48. The number of hydrogen-bond acceptors (Lipinski definition) is 4. The van der Waals surface area contributed by atoms with Crippen LogP contribution in [0.4, 0.5) is 0 Å². The average molecular weight is 286 g/mol. The molecule has 116 valence electrons. The van der Waals surface area contributed by atoms with Crippen molar-refractivity contribution in [1.29, 1.82) is 0 Å². The Labute approximate surface area is 120 Å². The molecule has 1 saturated heterocycles. The minimum atomic E-state index is -0.329. The molecule has 1 aliphatic rings. The summed E-state index contributed by atoms with van der Waals surface area (Å²) < 4.78 is 0. The molecule has 0 aromatic rings. The Morgan fingerprint density at radius 2 is 2.10 bits per heavy atom. The van der Waals surface area contributed by atoms with Gasteiger partial charge in [0, 0.05) is 18.9 Å². The molecule has 0 spiro atoms. The van der Waals surface area contributed by atoms with Gasteiger partial charge in [0.05, 0.1) is 24.1 Å². The smallest absolute Gasteiger partial charge is 0.233 e. The lowest BCUT2D eigenvalue weighted by Crippen LogP contribution is -2.42. The first-order chi connectivity index (χ1) is 9.12. The van der Waals surface area contributed by atoms with Crippen LogP contribution in [0.25, 0.3) is 0 Å². The van der Waals surface area contributed by atoms with E-state index >= 15 is 0 Å². The van der Waals surface area contributed by atoms with Crippen molar-refractivity contribution in [2.75, 3.05) is 20.1 Å². The van der Waals surface area contributed by atoms with Crippen molar-refractivity contribution in [2.45, 2.75) is 52.7 Å². The van der Waals surface area contributed by atoms with Crippen LogP contribution in [-0.2, 0) is 9.63 Å². The Morgan fingerprint density at radius 3 is 2.60 bits per heavy atom. The van der Waals surface area contributed by atoms with Crippen LogP contribution in [-0.4, -0.2) is 52.6 Å². The zero-order valence-corrected chi connectivity index (χ0v) is 13.3. The molecule has 1 amide bonds. The number of rotatable bonds is 4. The summed E-state index contributed by atoms with van der Waals surface area (Å²) in [5.41, 5.74) is -0.329. The normalized spacial score (nSPS) is 20.4. The highest BCUT2D eigenvalue weighted by atomic mass is 16.7. The summed E-state index contributed by atoms with van der Waals surface area (Å²) in [7, 11) is 1.66. The average Bonchev–Trinajstić information content (AvgIpc) is 2.81. The van der Waals surface area contributed by atoms with Crippen molar-refractivity contribution in [3.05, 3.63) is 5.21 Å². The molecule has 1 aliphatic heterocycles. The Morgan fingerprint density at radius 1 is 1.50 bits per heavy atom. The van der Waals surface area contributed by atoms with Gasteiger partial charge in [0.1, 0.15) is 0 Å². The second-order valence-corrected chi connectivity index (χ2v) is 6.48. The number of carbonyl (C=O) groups is 1. The van der Waals surface area contributed by atoms with Crippen LogP contribution in [0, 0.1) is 11.1 Å². The number of amides is 1. The van der Waals surface area contributed by atoms with Crippen LogP contribution in [0.5, 0.6) is 0 Å². The fraction of sp³-hybridized carbons (Fsp3) is 0.923. The Bertz CT molecular complexity index is 376. The van der Waals surface area contributed by atoms with Crippen LogP contribution in [0.1, 0.15) is 41.0 Å². The second kappa shape index (κ2) is 6.28. The molecular weight excluding hydrogens is 260 g/mol. The van der Waals surface area contributed by atoms with Crippen LogP contribution in [0.15, 0.2) is 5.28 Å². The summed E-state index contributed by atoms with van der Waals surface area (Å²) in [6, 6.07) is 0. The first-order valence-corrected chi connectivity index (χ1v) is 6.99. The molecule has 0 radical (unpaired) electrons. The van der Waals surface area contributed by atoms with E-state index in [-0.39, 0.29) is 23.5 Å². The fourth-order valence-electron chi connectivity index (χ4n) is 1.80. The highest BCUT2D eigenvalue weighted by Gasteiger charge is 2.30. The summed E-state index contributed by atoms with van der Waals surface area (Å²) in [4.78, 5) is 19.3. The summed E-state index contributed by atoms with van der Waals surface area (Å²) in [6.07, 6.45) is 0.497. The quantitative estimate of drug-likeness (QED) is 0.449. The number of likely N-dealkylation sites (tertiary alicyclic amines) is 1. The molecule has 1 rings (SSSR count). The van der Waals surface area contributed by atoms with Gasteiger partial charge in [-0.2, -0.15) is 0 Å². The van der Waals surface area contributed by atoms with Gasteiger partial charge < -0.3 is 14.9 Å². The van der Waals surface area contributed by atoms with E-state index in [1.54, 1.807) is 11.9 Å². The van der Waals surface area contributed by atoms with E-state index in [9.17, 15) is 10.0 Å². The van der Waals surface area contributed by atoms with E-state index in [0.717, 1.165) is 0 Å². The van der Waals surface area contributed by atoms with Crippen molar-refractivity contribution in [3.8, 4) is 0 Å². The summed E-state index contributed by atoms with van der Waals surface area (Å²) in [5, 5.41) is 16.8. The van der Waals surface area contributed by atoms with Crippen molar-refractivity contribution >= 4 is 5.91 Å². The molecular formula is C13H26N4O3. The minimum Gasteiger partial charge on any atom is -0.569 e. The topological polar surface area (TPSA) is 71.2 Å². The molecule has 1 unspecified atom stereocenters. The molecule has 0 N–H and O–H groups in total. The van der Waals surface area contributed by atoms with Gasteiger partial charge in [-0.1, -0.05) is 13.8 Å². The standard InChI is InChI=1S/C13H26N4O3/c1-10(2)12(18)16-8-7-11(9-16)20-14-17(19)15(6)13(3,4)5/h10-11H,7-9H2,1-6H3. The zero-order chi connectivity index (χ0) is 15.5. The van der Waals surface area contributed by atoms with Crippen molar-refractivity contribution in [3.63, 3.8) is 0 Å². The molecule has 20 heavy (non-hydrogen) atoms. The van der Waals surface area contributed by atoms with Gasteiger partial charge in [-0.3, -0.25) is 4.79 Å². The van der Waals surface area contributed by atoms with Gasteiger partial charge in [0.2, 0.25) is 11.2 Å². The molecule has 0 aliphatic carbocycles. The van der Waals surface area contributed by atoms with Crippen molar-refractivity contribution in [1.82, 2.24) is 9.91 Å². The molecule has 1 fully saturated rings. The SMILES string of the molecule is CC(C)C(=O)N1CCC(ON=[N+]([O-])N(C)C(C)(C)C)C1. The van der Waals surface area contributed by atoms with Crippen LogP contribution >= 0.6 is 0 Å². The van der Waals surface area contributed by atoms with Crippen molar-refractivity contribution in [2.24, 2.45) is 11.2 Å². The number of hydrazine groups is 1. The van der Waals surface area contributed by atoms with E-state index in [0.29, 0.717) is 24.5 Å². The van der Waals surface area contributed by atoms with Crippen LogP contribution in [0.2, 0.25) is 0 Å². The monoisotopic (exact) mass is 286 g/mol. The molecule has 0 aromatic heterocycles. The molecule has 7 nitrogen and oxygen atoms in total. The molecule has 0 aromatic carbocycles. The highest BCUT2D eigenvalue weighted by molar-refractivity contribution is 5.78. The van der Waals surface area contributed by atoms with E-state index in [4.69, 9.17) is 4.84 Å². The number of nitrogens with zero attached hydrogens (tertiary/aromatic N) is 4. The lowest BCUT2D eigenvalue weighted by molar-refractivity contribution is -0.720. The van der Waals surface area contributed by atoms with E-state index in [1.165, 1.54) is 5.01 Å². The summed E-state index contributed by atoms with van der Waals surface area (Å²) in [6.45, 7) is 10.6. The molecule has 0 bridgehead atoms. The zero-order valence-electron chi connectivity index (χ0n) is 13.3. The maximum Gasteiger partial charge on any atom is 0.233 e. The molecule has 0 saturated carbocycles. The predicted octanol–water partition coefficient (Wildman–Crippen LogP) is 1.78. The third-order valence-corrected chi connectivity index (χ3v) is 3.44. The van der Waals surface area contributed by atoms with Crippen LogP contribution < -0.4 is 0 Å². The molecule has 7 heteroatoms. The van der Waals surface area contributed by atoms with E-state index in [2.05, 4.69) is 5.28 Å². The third kappa shape index (κ3) is 4.25. The van der Waals surface area contributed by atoms with Gasteiger partial charge in [0.25, 0.3) is 0 Å². The number of hydrogen-bond donors (Lipinski definition) is 0. The predicted molar refractivity (Wildman–Crippen MR) is 74.5 cm³/mol. The van der Waals surface area contributed by atoms with Crippen LogP contribution in [0.3, 0.4) is 0 Å². The highest BCUT2D eigenvalue weighted by Crippen LogP contribution is 2.16. The number of carbonyl (C=O) groups excluding carboxylic acids is 1. The molecule has 1 atom stereocenters. The van der Waals surface area contributed by atoms with Gasteiger partial charge in [0.15, 0.2) is 6.10 Å². The van der Waals surface area contributed by atoms with Gasteiger partial charge in [-0.05, 0) is 20.8 Å². The van der Waals surface area contributed by atoms with Crippen molar-refractivity contribution < 1.29 is 14.6 Å². The lowest BCUT2D eigenvalue weighted by atomic mass is 10.1. The van der Waals surface area contributed by atoms with Gasteiger partial charge >= 0.3 is 0 Å². The third-order valence-electron chi connectivity index (χ3n) is 3.44. The van der Waals surface area contributed by atoms with Gasteiger partial charge in [-0.15, -0.1) is 5.01 Å². The maximum atomic E-state index is 11.8. The summed E-state index contributed by atoms with van der Waals surface area (Å²) >= 11 is 0.